The van der Waals surface area contributed by atoms with Crippen LogP contribution in [0.4, 0.5) is 0 Å². The lowest BCUT2D eigenvalue weighted by Gasteiger charge is -2.33. The first-order valence-corrected chi connectivity index (χ1v) is 8.46. The molecule has 0 amide bonds. The van der Waals surface area contributed by atoms with E-state index in [1.165, 1.54) is 39.0 Å². The van der Waals surface area contributed by atoms with E-state index in [0.717, 1.165) is 35.1 Å². The molecule has 1 saturated heterocycles. The molecule has 0 atom stereocenters. The van der Waals surface area contributed by atoms with Crippen LogP contribution in [-0.2, 0) is 6.42 Å². The zero-order chi connectivity index (χ0) is 13.9. The Morgan fingerprint density at radius 2 is 1.95 bits per heavy atom. The molecule has 5 heteroatoms. The van der Waals surface area contributed by atoms with Gasteiger partial charge in [0.15, 0.2) is 0 Å². The molecule has 0 unspecified atom stereocenters. The maximum Gasteiger partial charge on any atom is 0.128 e. The molecule has 2 heterocycles. The van der Waals surface area contributed by atoms with E-state index in [1.807, 2.05) is 0 Å². The Morgan fingerprint density at radius 3 is 2.55 bits per heavy atom. The highest BCUT2D eigenvalue weighted by Gasteiger charge is 2.29. The second-order valence-electron chi connectivity index (χ2n) is 5.73. The van der Waals surface area contributed by atoms with Crippen molar-refractivity contribution < 1.29 is 0 Å². The summed E-state index contributed by atoms with van der Waals surface area (Å²) in [6.07, 6.45) is 3.44. The third kappa shape index (κ3) is 3.20. The summed E-state index contributed by atoms with van der Waals surface area (Å²) in [4.78, 5) is 10.6. The van der Waals surface area contributed by atoms with Crippen LogP contribution in [0.5, 0.6) is 0 Å². The van der Waals surface area contributed by atoms with Gasteiger partial charge < -0.3 is 9.80 Å². The number of nitriles is 1. The monoisotopic (exact) mass is 290 g/mol. The molecule has 108 valence electrons. The van der Waals surface area contributed by atoms with Crippen LogP contribution in [0.2, 0.25) is 0 Å². The molecule has 1 aliphatic heterocycles. The van der Waals surface area contributed by atoms with Crippen molar-refractivity contribution >= 4 is 11.3 Å². The van der Waals surface area contributed by atoms with Crippen LogP contribution >= 0.6 is 11.3 Å². The van der Waals surface area contributed by atoms with Gasteiger partial charge in [-0.3, -0.25) is 0 Å². The summed E-state index contributed by atoms with van der Waals surface area (Å²) in [7, 11) is 0. The van der Waals surface area contributed by atoms with Gasteiger partial charge in [0.1, 0.15) is 10.9 Å². The van der Waals surface area contributed by atoms with Gasteiger partial charge in [0.25, 0.3) is 0 Å². The SMILES string of the molecule is CCN1CCN(CCc2nc(C3CC3)c(C#N)s2)CC1. The fraction of sp³-hybridized carbons (Fsp3) is 0.733. The molecule has 1 saturated carbocycles. The number of hydrogen-bond acceptors (Lipinski definition) is 5. The molecule has 1 aliphatic carbocycles. The van der Waals surface area contributed by atoms with Crippen LogP contribution in [0.25, 0.3) is 0 Å². The molecule has 3 rings (SSSR count). The minimum Gasteiger partial charge on any atom is -0.301 e. The predicted molar refractivity (Wildman–Crippen MR) is 81.1 cm³/mol. The van der Waals surface area contributed by atoms with Crippen molar-refractivity contribution in [3.8, 4) is 6.07 Å². The van der Waals surface area contributed by atoms with E-state index in [1.54, 1.807) is 11.3 Å². The standard InChI is InChI=1S/C15H22N4S/c1-2-18-7-9-19(10-8-18)6-5-14-17-15(12-3-4-12)13(11-16)20-14/h12H,2-10H2,1H3. The fourth-order valence-corrected chi connectivity index (χ4v) is 3.72. The zero-order valence-corrected chi connectivity index (χ0v) is 13.0. The number of aromatic nitrogens is 1. The van der Waals surface area contributed by atoms with E-state index >= 15 is 0 Å². The van der Waals surface area contributed by atoms with Gasteiger partial charge in [-0.1, -0.05) is 6.92 Å². The van der Waals surface area contributed by atoms with Crippen molar-refractivity contribution in [3.63, 3.8) is 0 Å². The average molecular weight is 290 g/mol. The highest BCUT2D eigenvalue weighted by Crippen LogP contribution is 2.42. The number of nitrogens with zero attached hydrogens (tertiary/aromatic N) is 4. The van der Waals surface area contributed by atoms with E-state index < -0.39 is 0 Å². The average Bonchev–Trinajstić information content (AvgIpc) is 3.26. The first kappa shape index (κ1) is 14.0. The van der Waals surface area contributed by atoms with Gasteiger partial charge in [0.05, 0.1) is 10.7 Å². The number of likely N-dealkylation sites (N-methyl/N-ethyl adjacent to an activating group) is 1. The second kappa shape index (κ2) is 6.21. The van der Waals surface area contributed by atoms with Crippen LogP contribution < -0.4 is 0 Å². The third-order valence-electron chi connectivity index (χ3n) is 4.32. The molecule has 0 spiro atoms. The molecule has 2 aliphatic rings. The van der Waals surface area contributed by atoms with Crippen molar-refractivity contribution in [1.29, 1.82) is 5.26 Å². The Balaban J connectivity index is 1.52. The lowest BCUT2D eigenvalue weighted by molar-refractivity contribution is 0.138. The van der Waals surface area contributed by atoms with E-state index in [-0.39, 0.29) is 0 Å². The largest absolute Gasteiger partial charge is 0.301 e. The number of piperazine rings is 1. The summed E-state index contributed by atoms with van der Waals surface area (Å²) in [5, 5.41) is 10.3. The normalized spacial score (nSPS) is 21.0. The first-order chi connectivity index (χ1) is 9.80. The molecule has 0 bridgehead atoms. The summed E-state index contributed by atoms with van der Waals surface area (Å²) in [6.45, 7) is 9.18. The molecule has 2 fully saturated rings. The molecular weight excluding hydrogens is 268 g/mol. The minimum absolute atomic E-state index is 0.586. The number of thiazole rings is 1. The molecule has 1 aromatic heterocycles. The number of rotatable bonds is 5. The second-order valence-corrected chi connectivity index (χ2v) is 6.82. The van der Waals surface area contributed by atoms with Crippen molar-refractivity contribution in [2.75, 3.05) is 39.3 Å². The minimum atomic E-state index is 0.586. The van der Waals surface area contributed by atoms with E-state index in [0.29, 0.717) is 5.92 Å². The Labute approximate surface area is 125 Å². The van der Waals surface area contributed by atoms with E-state index in [4.69, 9.17) is 4.98 Å². The van der Waals surface area contributed by atoms with Crippen LogP contribution in [0.3, 0.4) is 0 Å². The van der Waals surface area contributed by atoms with E-state index in [2.05, 4.69) is 22.8 Å². The molecule has 0 N–H and O–H groups in total. The predicted octanol–water partition coefficient (Wildman–Crippen LogP) is 2.07. The first-order valence-electron chi connectivity index (χ1n) is 7.64. The smallest absolute Gasteiger partial charge is 0.128 e. The summed E-state index contributed by atoms with van der Waals surface area (Å²) in [6, 6.07) is 2.32. The Hall–Kier alpha value is -0.960. The van der Waals surface area contributed by atoms with Crippen molar-refractivity contribution in [1.82, 2.24) is 14.8 Å². The van der Waals surface area contributed by atoms with Gasteiger partial charge in [-0.2, -0.15) is 5.26 Å². The number of hydrogen-bond donors (Lipinski definition) is 0. The maximum atomic E-state index is 9.19. The summed E-state index contributed by atoms with van der Waals surface area (Å²) in [5.41, 5.74) is 1.09. The quantitative estimate of drug-likeness (QED) is 0.832. The summed E-state index contributed by atoms with van der Waals surface area (Å²) in [5.74, 6) is 0.586. The van der Waals surface area contributed by atoms with Gasteiger partial charge >= 0.3 is 0 Å². The van der Waals surface area contributed by atoms with Crippen molar-refractivity contribution in [2.45, 2.75) is 32.1 Å². The zero-order valence-electron chi connectivity index (χ0n) is 12.1. The third-order valence-corrected chi connectivity index (χ3v) is 5.35. The van der Waals surface area contributed by atoms with Crippen molar-refractivity contribution in [3.05, 3.63) is 15.6 Å². The van der Waals surface area contributed by atoms with Gasteiger partial charge in [-0.15, -0.1) is 11.3 Å². The molecule has 0 aromatic carbocycles. The Bertz CT molecular complexity index is 492. The topological polar surface area (TPSA) is 43.2 Å². The van der Waals surface area contributed by atoms with Gasteiger partial charge in [-0.05, 0) is 19.4 Å². The van der Waals surface area contributed by atoms with Crippen LogP contribution in [-0.4, -0.2) is 54.1 Å². The highest BCUT2D eigenvalue weighted by atomic mass is 32.1. The maximum absolute atomic E-state index is 9.19. The Kier molecular flexibility index (Phi) is 4.35. The fourth-order valence-electron chi connectivity index (χ4n) is 2.78. The van der Waals surface area contributed by atoms with E-state index in [9.17, 15) is 5.26 Å². The van der Waals surface area contributed by atoms with Crippen molar-refractivity contribution in [2.24, 2.45) is 0 Å². The Morgan fingerprint density at radius 1 is 1.25 bits per heavy atom. The van der Waals surface area contributed by atoms with Gasteiger partial charge in [0, 0.05) is 45.1 Å². The van der Waals surface area contributed by atoms with Gasteiger partial charge in [-0.25, -0.2) is 4.98 Å². The molecule has 20 heavy (non-hydrogen) atoms. The molecule has 0 radical (unpaired) electrons. The highest BCUT2D eigenvalue weighted by molar-refractivity contribution is 7.12. The lowest BCUT2D eigenvalue weighted by atomic mass is 10.2. The van der Waals surface area contributed by atoms with Crippen LogP contribution in [0.15, 0.2) is 0 Å². The molecule has 1 aromatic rings. The molecule has 4 nitrogen and oxygen atoms in total. The summed E-state index contributed by atoms with van der Waals surface area (Å²) >= 11 is 1.61. The van der Waals surface area contributed by atoms with Crippen LogP contribution in [0, 0.1) is 11.3 Å². The molecular formula is C15H22N4S. The van der Waals surface area contributed by atoms with Crippen LogP contribution in [0.1, 0.15) is 41.3 Å². The summed E-state index contributed by atoms with van der Waals surface area (Å²) < 4.78 is 0. The lowest BCUT2D eigenvalue weighted by Crippen LogP contribution is -2.46. The van der Waals surface area contributed by atoms with Gasteiger partial charge in [0.2, 0.25) is 0 Å².